The van der Waals surface area contributed by atoms with Crippen molar-refractivity contribution in [2.45, 2.75) is 23.9 Å². The highest BCUT2D eigenvalue weighted by Crippen LogP contribution is 2.30. The topological polar surface area (TPSA) is 103 Å². The number of hydrogen-bond acceptors (Lipinski definition) is 6. The van der Waals surface area contributed by atoms with E-state index in [1.54, 1.807) is 18.3 Å². The van der Waals surface area contributed by atoms with E-state index in [0.717, 1.165) is 16.3 Å². The Morgan fingerprint density at radius 2 is 2.00 bits per heavy atom. The summed E-state index contributed by atoms with van der Waals surface area (Å²) in [5.41, 5.74) is 6.11. The molecular formula is C17H17N5O2S2. The molecule has 0 bridgehead atoms. The molecule has 0 aliphatic heterocycles. The van der Waals surface area contributed by atoms with Crippen LogP contribution >= 0.6 is 23.1 Å². The Labute approximate surface area is 158 Å². The SMILES string of the molecule is CC(Sc1nnc(-c2cccs2)n1Cc1ccccc1)C(=O)NC(N)=O. The van der Waals surface area contributed by atoms with Gasteiger partial charge in [0, 0.05) is 0 Å². The minimum atomic E-state index is -0.868. The number of nitrogens with one attached hydrogen (secondary N) is 1. The van der Waals surface area contributed by atoms with Crippen LogP contribution in [0.2, 0.25) is 0 Å². The molecule has 3 N–H and O–H groups in total. The minimum absolute atomic E-state index is 0.463. The van der Waals surface area contributed by atoms with Crippen molar-refractivity contribution < 1.29 is 9.59 Å². The fraction of sp³-hybridized carbons (Fsp3) is 0.176. The normalized spacial score (nSPS) is 11.9. The molecule has 0 saturated carbocycles. The third-order valence-electron chi connectivity index (χ3n) is 3.54. The first-order valence-electron chi connectivity index (χ1n) is 7.82. The molecule has 0 radical (unpaired) electrons. The van der Waals surface area contributed by atoms with Crippen molar-refractivity contribution in [3.63, 3.8) is 0 Å². The van der Waals surface area contributed by atoms with Crippen LogP contribution in [0.5, 0.6) is 0 Å². The molecule has 1 atom stereocenters. The Bertz CT molecular complexity index is 893. The summed E-state index contributed by atoms with van der Waals surface area (Å²) in [6.45, 7) is 2.27. The molecule has 3 rings (SSSR count). The van der Waals surface area contributed by atoms with Crippen LogP contribution in [0.1, 0.15) is 12.5 Å². The second-order valence-corrected chi connectivity index (χ2v) is 7.72. The largest absolute Gasteiger partial charge is 0.351 e. The van der Waals surface area contributed by atoms with Crippen molar-refractivity contribution in [2.75, 3.05) is 0 Å². The molecular weight excluding hydrogens is 370 g/mol. The lowest BCUT2D eigenvalue weighted by molar-refractivity contribution is -0.119. The van der Waals surface area contributed by atoms with E-state index in [-0.39, 0.29) is 0 Å². The van der Waals surface area contributed by atoms with Crippen LogP contribution in [0, 0.1) is 0 Å². The number of rotatable bonds is 6. The van der Waals surface area contributed by atoms with Gasteiger partial charge in [0.1, 0.15) is 0 Å². The molecule has 0 spiro atoms. The van der Waals surface area contributed by atoms with Gasteiger partial charge < -0.3 is 5.73 Å². The number of amides is 3. The number of nitrogens with two attached hydrogens (primary N) is 1. The Kier molecular flexibility index (Phi) is 5.69. The number of primary amides is 1. The highest BCUT2D eigenvalue weighted by Gasteiger charge is 2.22. The molecule has 0 aliphatic carbocycles. The maximum Gasteiger partial charge on any atom is 0.318 e. The maximum atomic E-state index is 12.0. The molecule has 26 heavy (non-hydrogen) atoms. The van der Waals surface area contributed by atoms with Crippen LogP contribution in [0.4, 0.5) is 4.79 Å². The number of carbonyl (C=O) groups is 2. The summed E-state index contributed by atoms with van der Waals surface area (Å²) in [6, 6.07) is 13.0. The van der Waals surface area contributed by atoms with Crippen LogP contribution in [0.3, 0.4) is 0 Å². The van der Waals surface area contributed by atoms with Gasteiger partial charge in [0.2, 0.25) is 5.91 Å². The van der Waals surface area contributed by atoms with Gasteiger partial charge in [-0.05, 0) is 23.9 Å². The number of imide groups is 1. The van der Waals surface area contributed by atoms with Gasteiger partial charge in [-0.25, -0.2) is 4.79 Å². The van der Waals surface area contributed by atoms with Crippen LogP contribution < -0.4 is 11.1 Å². The lowest BCUT2D eigenvalue weighted by Gasteiger charge is -2.12. The molecule has 0 fully saturated rings. The van der Waals surface area contributed by atoms with E-state index in [1.165, 1.54) is 11.8 Å². The standard InChI is InChI=1S/C17H17N5O2S2/c1-11(15(23)19-16(18)24)26-17-21-20-14(13-8-5-9-25-13)22(17)10-12-6-3-2-4-7-12/h2-9,11H,10H2,1H3,(H3,18,19,23,24). The number of thiophene rings is 1. The van der Waals surface area contributed by atoms with E-state index in [0.29, 0.717) is 11.7 Å². The summed E-state index contributed by atoms with van der Waals surface area (Å²) in [6.07, 6.45) is 0. The summed E-state index contributed by atoms with van der Waals surface area (Å²) in [4.78, 5) is 23.9. The average Bonchev–Trinajstić information content (AvgIpc) is 3.26. The predicted octanol–water partition coefficient (Wildman–Crippen LogP) is 2.73. The van der Waals surface area contributed by atoms with Crippen molar-refractivity contribution >= 4 is 35.0 Å². The van der Waals surface area contributed by atoms with Crippen LogP contribution in [-0.2, 0) is 11.3 Å². The summed E-state index contributed by atoms with van der Waals surface area (Å²) in [5.74, 6) is 0.281. The monoisotopic (exact) mass is 387 g/mol. The number of benzene rings is 1. The molecule has 0 saturated heterocycles. The zero-order valence-corrected chi connectivity index (χ0v) is 15.6. The fourth-order valence-corrected chi connectivity index (χ4v) is 3.87. The Balaban J connectivity index is 1.90. The van der Waals surface area contributed by atoms with Gasteiger partial charge in [0.25, 0.3) is 0 Å². The van der Waals surface area contributed by atoms with E-state index in [9.17, 15) is 9.59 Å². The first kappa shape index (κ1) is 18.2. The highest BCUT2D eigenvalue weighted by molar-refractivity contribution is 8.00. The number of hydrogen-bond donors (Lipinski definition) is 2. The zero-order valence-electron chi connectivity index (χ0n) is 14.0. The third kappa shape index (κ3) is 4.30. The van der Waals surface area contributed by atoms with Crippen molar-refractivity contribution in [1.82, 2.24) is 20.1 Å². The lowest BCUT2D eigenvalue weighted by Crippen LogP contribution is -2.39. The van der Waals surface area contributed by atoms with Crippen LogP contribution in [-0.4, -0.2) is 32.0 Å². The van der Waals surface area contributed by atoms with E-state index in [1.807, 2.05) is 52.4 Å². The number of aromatic nitrogens is 3. The molecule has 9 heteroatoms. The molecule has 3 aromatic rings. The highest BCUT2D eigenvalue weighted by atomic mass is 32.2. The Morgan fingerprint density at radius 1 is 1.23 bits per heavy atom. The first-order valence-corrected chi connectivity index (χ1v) is 9.58. The van der Waals surface area contributed by atoms with Gasteiger partial charge in [-0.2, -0.15) is 0 Å². The molecule has 2 aromatic heterocycles. The summed E-state index contributed by atoms with van der Waals surface area (Å²) in [5, 5.41) is 12.7. The van der Waals surface area contributed by atoms with Gasteiger partial charge >= 0.3 is 6.03 Å². The number of thioether (sulfide) groups is 1. The average molecular weight is 387 g/mol. The Hall–Kier alpha value is -2.65. The summed E-state index contributed by atoms with van der Waals surface area (Å²) in [7, 11) is 0. The number of nitrogens with zero attached hydrogens (tertiary/aromatic N) is 3. The molecule has 134 valence electrons. The van der Waals surface area contributed by atoms with Crippen molar-refractivity contribution in [3.05, 3.63) is 53.4 Å². The molecule has 1 unspecified atom stereocenters. The van der Waals surface area contributed by atoms with Gasteiger partial charge in [-0.3, -0.25) is 14.7 Å². The quantitative estimate of drug-likeness (QED) is 0.633. The zero-order chi connectivity index (χ0) is 18.5. The van der Waals surface area contributed by atoms with Gasteiger partial charge in [0.15, 0.2) is 11.0 Å². The fourth-order valence-electron chi connectivity index (χ4n) is 2.31. The smallest absolute Gasteiger partial charge is 0.318 e. The van der Waals surface area contributed by atoms with E-state index in [4.69, 9.17) is 5.73 Å². The molecule has 0 aliphatic rings. The maximum absolute atomic E-state index is 12.0. The molecule has 2 heterocycles. The van der Waals surface area contributed by atoms with Gasteiger partial charge in [-0.15, -0.1) is 21.5 Å². The first-order chi connectivity index (χ1) is 12.5. The predicted molar refractivity (Wildman–Crippen MR) is 102 cm³/mol. The summed E-state index contributed by atoms with van der Waals surface area (Å²) < 4.78 is 1.97. The molecule has 7 nitrogen and oxygen atoms in total. The van der Waals surface area contributed by atoms with Gasteiger partial charge in [-0.1, -0.05) is 48.2 Å². The van der Waals surface area contributed by atoms with E-state index >= 15 is 0 Å². The lowest BCUT2D eigenvalue weighted by atomic mass is 10.2. The number of carbonyl (C=O) groups excluding carboxylic acids is 2. The second-order valence-electron chi connectivity index (χ2n) is 5.47. The third-order valence-corrected chi connectivity index (χ3v) is 5.49. The van der Waals surface area contributed by atoms with E-state index in [2.05, 4.69) is 15.5 Å². The molecule has 3 amide bonds. The van der Waals surface area contributed by atoms with Crippen molar-refractivity contribution in [1.29, 1.82) is 0 Å². The van der Waals surface area contributed by atoms with Gasteiger partial charge in [0.05, 0.1) is 16.7 Å². The number of urea groups is 1. The summed E-state index contributed by atoms with van der Waals surface area (Å²) >= 11 is 2.81. The second kappa shape index (κ2) is 8.15. The minimum Gasteiger partial charge on any atom is -0.351 e. The van der Waals surface area contributed by atoms with E-state index < -0.39 is 17.2 Å². The van der Waals surface area contributed by atoms with Crippen LogP contribution in [0.15, 0.2) is 53.0 Å². The van der Waals surface area contributed by atoms with Crippen LogP contribution in [0.25, 0.3) is 10.7 Å². The van der Waals surface area contributed by atoms with Crippen molar-refractivity contribution in [3.8, 4) is 10.7 Å². The molecule has 1 aromatic carbocycles. The van der Waals surface area contributed by atoms with Crippen molar-refractivity contribution in [2.24, 2.45) is 5.73 Å². The Morgan fingerprint density at radius 3 is 2.65 bits per heavy atom.